The number of rotatable bonds is 5. The normalized spacial score (nSPS) is 10.8. The van der Waals surface area contributed by atoms with E-state index in [1.54, 1.807) is 10.7 Å². The van der Waals surface area contributed by atoms with Crippen LogP contribution in [0.4, 0.5) is 0 Å². The molecular weight excluding hydrogens is 275 g/mol. The molecule has 0 unspecified atom stereocenters. The molecule has 2 rings (SSSR count). The summed E-state index contributed by atoms with van der Waals surface area (Å²) in [7, 11) is 0. The smallest absolute Gasteiger partial charge is 0.202 e. The van der Waals surface area contributed by atoms with Crippen molar-refractivity contribution in [1.29, 1.82) is 0 Å². The number of unbranched alkanes of at least 4 members (excludes halogenated alkanes) is 1. The third-order valence-corrected chi connectivity index (χ3v) is 2.87. The highest BCUT2D eigenvalue weighted by Gasteiger charge is 2.14. The lowest BCUT2D eigenvalue weighted by Gasteiger charge is -2.05. The quantitative estimate of drug-likeness (QED) is 0.847. The molecule has 2 aromatic rings. The van der Waals surface area contributed by atoms with E-state index in [0.717, 1.165) is 12.8 Å². The number of halogens is 2. The highest BCUT2D eigenvalue weighted by molar-refractivity contribution is 6.35. The van der Waals surface area contributed by atoms with Crippen molar-refractivity contribution in [2.75, 3.05) is 6.54 Å². The van der Waals surface area contributed by atoms with Crippen molar-refractivity contribution in [3.8, 4) is 11.5 Å². The van der Waals surface area contributed by atoms with Crippen molar-refractivity contribution in [2.24, 2.45) is 5.73 Å². The van der Waals surface area contributed by atoms with Gasteiger partial charge < -0.3 is 5.73 Å². The summed E-state index contributed by atoms with van der Waals surface area (Å²) in [5, 5.41) is 12.4. The summed E-state index contributed by atoms with van der Waals surface area (Å²) in [6.45, 7) is 1.33. The van der Waals surface area contributed by atoms with Crippen LogP contribution in [0.2, 0.25) is 10.0 Å². The summed E-state index contributed by atoms with van der Waals surface area (Å²) >= 11 is 11.9. The number of nitrogens with zero attached hydrogens (tertiary/aromatic N) is 5. The van der Waals surface area contributed by atoms with Gasteiger partial charge in [0.05, 0.1) is 10.0 Å². The van der Waals surface area contributed by atoms with Gasteiger partial charge in [-0.05, 0) is 35.9 Å². The maximum absolute atomic E-state index is 6.08. The third-order valence-electron chi connectivity index (χ3n) is 2.38. The van der Waals surface area contributed by atoms with Gasteiger partial charge in [-0.1, -0.05) is 23.2 Å². The second-order valence-corrected chi connectivity index (χ2v) is 4.55. The van der Waals surface area contributed by atoms with E-state index in [9.17, 15) is 0 Å². The number of tetrazole rings is 1. The monoisotopic (exact) mass is 286 g/mol. The van der Waals surface area contributed by atoms with Crippen LogP contribution in [0, 0.1) is 0 Å². The standard InChI is InChI=1S/C10H12Cl2N6/c11-7-5-8(12)9(14-6-7)10-15-16-17-18(10)4-2-1-3-13/h5-6H,1-4,13H2. The van der Waals surface area contributed by atoms with Gasteiger partial charge >= 0.3 is 0 Å². The molecule has 0 saturated heterocycles. The van der Waals surface area contributed by atoms with Gasteiger partial charge in [0.1, 0.15) is 5.69 Å². The van der Waals surface area contributed by atoms with Crippen LogP contribution in [0.3, 0.4) is 0 Å². The van der Waals surface area contributed by atoms with Crippen molar-refractivity contribution in [3.63, 3.8) is 0 Å². The molecular formula is C10H12Cl2N6. The molecule has 0 aliphatic rings. The summed E-state index contributed by atoms with van der Waals surface area (Å²) in [6.07, 6.45) is 3.34. The topological polar surface area (TPSA) is 82.5 Å². The number of aromatic nitrogens is 5. The van der Waals surface area contributed by atoms with Crippen LogP contribution in [-0.4, -0.2) is 31.7 Å². The van der Waals surface area contributed by atoms with Gasteiger partial charge in [-0.2, -0.15) is 0 Å². The molecule has 0 saturated carbocycles. The highest BCUT2D eigenvalue weighted by atomic mass is 35.5. The Morgan fingerprint density at radius 1 is 1.28 bits per heavy atom. The number of aryl methyl sites for hydroxylation is 1. The van der Waals surface area contributed by atoms with E-state index in [0.29, 0.717) is 34.7 Å². The van der Waals surface area contributed by atoms with E-state index in [1.165, 1.54) is 6.20 Å². The van der Waals surface area contributed by atoms with E-state index < -0.39 is 0 Å². The molecule has 0 fully saturated rings. The first-order valence-electron chi connectivity index (χ1n) is 5.50. The van der Waals surface area contributed by atoms with Gasteiger partial charge in [0, 0.05) is 12.7 Å². The maximum Gasteiger partial charge on any atom is 0.202 e. The Hall–Kier alpha value is -1.24. The predicted octanol–water partition coefficient (Wildman–Crippen LogP) is 1.78. The van der Waals surface area contributed by atoms with E-state index in [4.69, 9.17) is 28.9 Å². The molecule has 2 heterocycles. The fourth-order valence-electron chi connectivity index (χ4n) is 1.51. The molecule has 96 valence electrons. The molecule has 2 aromatic heterocycles. The summed E-state index contributed by atoms with van der Waals surface area (Å²) in [6, 6.07) is 1.62. The minimum absolute atomic E-state index is 0.428. The number of pyridine rings is 1. The molecule has 6 nitrogen and oxygen atoms in total. The van der Waals surface area contributed by atoms with Crippen molar-refractivity contribution in [3.05, 3.63) is 22.3 Å². The van der Waals surface area contributed by atoms with Crippen LogP contribution in [0.1, 0.15) is 12.8 Å². The van der Waals surface area contributed by atoms with E-state index >= 15 is 0 Å². The molecule has 0 atom stereocenters. The minimum atomic E-state index is 0.428. The van der Waals surface area contributed by atoms with Gasteiger partial charge in [-0.25, -0.2) is 9.67 Å². The van der Waals surface area contributed by atoms with Crippen LogP contribution in [0.5, 0.6) is 0 Å². The molecule has 0 amide bonds. The molecule has 0 spiro atoms. The Bertz CT molecular complexity index is 527. The van der Waals surface area contributed by atoms with Gasteiger partial charge in [0.15, 0.2) is 0 Å². The van der Waals surface area contributed by atoms with Crippen LogP contribution < -0.4 is 5.73 Å². The molecule has 0 aliphatic heterocycles. The lowest BCUT2D eigenvalue weighted by atomic mass is 10.3. The average molecular weight is 287 g/mol. The first-order chi connectivity index (χ1) is 8.72. The predicted molar refractivity (Wildman–Crippen MR) is 69.4 cm³/mol. The molecule has 0 bridgehead atoms. The van der Waals surface area contributed by atoms with E-state index in [2.05, 4.69) is 20.5 Å². The molecule has 2 N–H and O–H groups in total. The number of hydrogen-bond acceptors (Lipinski definition) is 5. The fourth-order valence-corrected chi connectivity index (χ4v) is 1.97. The lowest BCUT2D eigenvalue weighted by Crippen LogP contribution is -2.07. The van der Waals surface area contributed by atoms with Crippen LogP contribution >= 0.6 is 23.2 Å². The second kappa shape index (κ2) is 6.08. The summed E-state index contributed by atoms with van der Waals surface area (Å²) in [5.74, 6) is 0.536. The first kappa shape index (κ1) is 13.2. The molecule has 0 aromatic carbocycles. The van der Waals surface area contributed by atoms with Crippen molar-refractivity contribution >= 4 is 23.2 Å². The third kappa shape index (κ3) is 2.95. The zero-order valence-electron chi connectivity index (χ0n) is 9.55. The van der Waals surface area contributed by atoms with E-state index in [1.807, 2.05) is 0 Å². The van der Waals surface area contributed by atoms with Crippen molar-refractivity contribution in [1.82, 2.24) is 25.2 Å². The lowest BCUT2D eigenvalue weighted by molar-refractivity contribution is 0.548. The molecule has 0 aliphatic carbocycles. The van der Waals surface area contributed by atoms with Crippen LogP contribution in [0.25, 0.3) is 11.5 Å². The SMILES string of the molecule is NCCCCn1nnnc1-c1ncc(Cl)cc1Cl. The van der Waals surface area contributed by atoms with E-state index in [-0.39, 0.29) is 0 Å². The largest absolute Gasteiger partial charge is 0.330 e. The van der Waals surface area contributed by atoms with Gasteiger partial charge in [0.25, 0.3) is 0 Å². The summed E-state index contributed by atoms with van der Waals surface area (Å²) in [4.78, 5) is 4.16. The van der Waals surface area contributed by atoms with Gasteiger partial charge in [-0.3, -0.25) is 0 Å². The Labute approximate surface area is 114 Å². The van der Waals surface area contributed by atoms with Crippen molar-refractivity contribution < 1.29 is 0 Å². The van der Waals surface area contributed by atoms with Crippen LogP contribution in [-0.2, 0) is 6.54 Å². The zero-order valence-corrected chi connectivity index (χ0v) is 11.1. The maximum atomic E-state index is 6.08. The summed E-state index contributed by atoms with van der Waals surface area (Å²) < 4.78 is 1.66. The molecule has 8 heteroatoms. The Morgan fingerprint density at radius 3 is 2.83 bits per heavy atom. The minimum Gasteiger partial charge on any atom is -0.330 e. The van der Waals surface area contributed by atoms with Crippen molar-refractivity contribution in [2.45, 2.75) is 19.4 Å². The highest BCUT2D eigenvalue weighted by Crippen LogP contribution is 2.25. The second-order valence-electron chi connectivity index (χ2n) is 3.71. The summed E-state index contributed by atoms with van der Waals surface area (Å²) in [5.41, 5.74) is 5.98. The first-order valence-corrected chi connectivity index (χ1v) is 6.25. The Kier molecular flexibility index (Phi) is 4.46. The van der Waals surface area contributed by atoms with Crippen LogP contribution in [0.15, 0.2) is 12.3 Å². The Balaban J connectivity index is 2.25. The number of hydrogen-bond donors (Lipinski definition) is 1. The fraction of sp³-hybridized carbons (Fsp3) is 0.400. The number of nitrogens with two attached hydrogens (primary N) is 1. The zero-order chi connectivity index (χ0) is 13.0. The average Bonchev–Trinajstić information content (AvgIpc) is 2.78. The Morgan fingerprint density at radius 2 is 2.11 bits per heavy atom. The van der Waals surface area contributed by atoms with Gasteiger partial charge in [0.2, 0.25) is 5.82 Å². The molecule has 18 heavy (non-hydrogen) atoms. The molecule has 0 radical (unpaired) electrons. The van der Waals surface area contributed by atoms with Gasteiger partial charge in [-0.15, -0.1) is 5.10 Å².